The summed E-state index contributed by atoms with van der Waals surface area (Å²) >= 11 is 0. The van der Waals surface area contributed by atoms with Gasteiger partial charge in [-0.1, -0.05) is 0 Å². The van der Waals surface area contributed by atoms with E-state index < -0.39 is 5.97 Å². The van der Waals surface area contributed by atoms with Crippen molar-refractivity contribution in [2.45, 2.75) is 57.2 Å². The lowest BCUT2D eigenvalue weighted by atomic mass is 9.87. The van der Waals surface area contributed by atoms with E-state index in [1.807, 2.05) is 6.92 Å². The first-order valence-corrected chi connectivity index (χ1v) is 6.29. The number of nitrogens with zero attached hydrogens (tertiary/aromatic N) is 1. The zero-order chi connectivity index (χ0) is 11.5. The van der Waals surface area contributed by atoms with Gasteiger partial charge in [0.15, 0.2) is 0 Å². The van der Waals surface area contributed by atoms with Crippen LogP contribution in [-0.4, -0.2) is 47.3 Å². The zero-order valence-electron chi connectivity index (χ0n) is 9.89. The van der Waals surface area contributed by atoms with Crippen molar-refractivity contribution in [3.63, 3.8) is 0 Å². The monoisotopic (exact) mass is 227 g/mol. The van der Waals surface area contributed by atoms with Crippen LogP contribution in [0.5, 0.6) is 0 Å². The Bertz CT molecular complexity index is 247. The second-order valence-electron chi connectivity index (χ2n) is 4.82. The van der Waals surface area contributed by atoms with Crippen LogP contribution in [0.2, 0.25) is 0 Å². The Labute approximate surface area is 96.6 Å². The van der Waals surface area contributed by atoms with Crippen molar-refractivity contribution in [3.05, 3.63) is 0 Å². The van der Waals surface area contributed by atoms with E-state index in [0.29, 0.717) is 24.7 Å². The molecule has 2 fully saturated rings. The second kappa shape index (κ2) is 5.15. The van der Waals surface area contributed by atoms with Crippen LogP contribution in [0.3, 0.4) is 0 Å². The van der Waals surface area contributed by atoms with Crippen LogP contribution in [0, 0.1) is 0 Å². The summed E-state index contributed by atoms with van der Waals surface area (Å²) in [6.45, 7) is 3.52. The van der Waals surface area contributed by atoms with Gasteiger partial charge in [-0.3, -0.25) is 9.69 Å². The third-order valence-electron chi connectivity index (χ3n) is 3.54. The minimum atomic E-state index is -0.689. The number of aliphatic carboxylic acids is 1. The number of hydrogen-bond acceptors (Lipinski definition) is 3. The minimum Gasteiger partial charge on any atom is -0.481 e. The first kappa shape index (κ1) is 11.9. The van der Waals surface area contributed by atoms with Gasteiger partial charge in [-0.25, -0.2) is 0 Å². The Balaban J connectivity index is 1.73. The fourth-order valence-electron chi connectivity index (χ4n) is 2.47. The first-order chi connectivity index (χ1) is 7.70. The molecule has 4 heteroatoms. The highest BCUT2D eigenvalue weighted by Crippen LogP contribution is 2.36. The van der Waals surface area contributed by atoms with Gasteiger partial charge < -0.3 is 9.84 Å². The molecule has 0 aromatic rings. The minimum absolute atomic E-state index is 0.270. The largest absolute Gasteiger partial charge is 0.481 e. The fourth-order valence-corrected chi connectivity index (χ4v) is 2.47. The predicted octanol–water partition coefficient (Wildman–Crippen LogP) is 1.49. The standard InChI is InChI=1S/C12H21NO3/c1-2-16-11-7-10(8-11)13(9-3-4-9)6-5-12(14)15/h9-11H,2-8H2,1H3,(H,14,15). The van der Waals surface area contributed by atoms with Crippen LogP contribution in [0.15, 0.2) is 0 Å². The van der Waals surface area contributed by atoms with Gasteiger partial charge in [0.2, 0.25) is 0 Å². The van der Waals surface area contributed by atoms with Crippen LogP contribution in [0.4, 0.5) is 0 Å². The van der Waals surface area contributed by atoms with Crippen molar-refractivity contribution < 1.29 is 14.6 Å². The van der Waals surface area contributed by atoms with E-state index in [0.717, 1.165) is 19.4 Å². The van der Waals surface area contributed by atoms with E-state index in [1.165, 1.54) is 12.8 Å². The molecule has 2 aliphatic rings. The molecule has 0 aromatic carbocycles. The van der Waals surface area contributed by atoms with E-state index in [-0.39, 0.29) is 6.42 Å². The van der Waals surface area contributed by atoms with E-state index in [1.54, 1.807) is 0 Å². The van der Waals surface area contributed by atoms with Gasteiger partial charge in [-0.05, 0) is 32.6 Å². The Morgan fingerprint density at radius 1 is 1.38 bits per heavy atom. The molecule has 2 aliphatic carbocycles. The molecule has 0 heterocycles. The molecule has 0 radical (unpaired) electrons. The predicted molar refractivity (Wildman–Crippen MR) is 60.4 cm³/mol. The average Bonchev–Trinajstić information content (AvgIpc) is 2.97. The average molecular weight is 227 g/mol. The van der Waals surface area contributed by atoms with Crippen LogP contribution in [0.1, 0.15) is 39.0 Å². The van der Waals surface area contributed by atoms with Crippen molar-refractivity contribution in [2.24, 2.45) is 0 Å². The van der Waals surface area contributed by atoms with Crippen LogP contribution in [-0.2, 0) is 9.53 Å². The molecule has 2 saturated carbocycles. The van der Waals surface area contributed by atoms with E-state index in [9.17, 15) is 4.79 Å². The van der Waals surface area contributed by atoms with Gasteiger partial charge in [0, 0.05) is 25.2 Å². The summed E-state index contributed by atoms with van der Waals surface area (Å²) in [5.74, 6) is -0.689. The summed E-state index contributed by atoms with van der Waals surface area (Å²) in [6, 6.07) is 1.23. The Morgan fingerprint density at radius 3 is 2.56 bits per heavy atom. The topological polar surface area (TPSA) is 49.8 Å². The lowest BCUT2D eigenvalue weighted by molar-refractivity contribution is -0.137. The SMILES string of the molecule is CCOC1CC(N(CCC(=O)O)C2CC2)C1. The van der Waals surface area contributed by atoms with Crippen molar-refractivity contribution in [3.8, 4) is 0 Å². The molecule has 4 nitrogen and oxygen atoms in total. The maximum atomic E-state index is 10.6. The number of carboxylic acids is 1. The van der Waals surface area contributed by atoms with Crippen LogP contribution >= 0.6 is 0 Å². The maximum Gasteiger partial charge on any atom is 0.304 e. The quantitative estimate of drug-likeness (QED) is 0.716. The van der Waals surface area contributed by atoms with Crippen molar-refractivity contribution in [2.75, 3.05) is 13.2 Å². The molecule has 0 saturated heterocycles. The van der Waals surface area contributed by atoms with Gasteiger partial charge in [-0.15, -0.1) is 0 Å². The molecule has 16 heavy (non-hydrogen) atoms. The van der Waals surface area contributed by atoms with Gasteiger partial charge in [0.05, 0.1) is 12.5 Å². The van der Waals surface area contributed by atoms with Crippen LogP contribution in [0.25, 0.3) is 0 Å². The van der Waals surface area contributed by atoms with Gasteiger partial charge in [0.1, 0.15) is 0 Å². The molecular weight excluding hydrogens is 206 g/mol. The summed E-state index contributed by atoms with van der Waals surface area (Å²) in [5, 5.41) is 8.72. The highest BCUT2D eigenvalue weighted by molar-refractivity contribution is 5.66. The molecule has 0 aliphatic heterocycles. The van der Waals surface area contributed by atoms with Gasteiger partial charge in [-0.2, -0.15) is 0 Å². The second-order valence-corrected chi connectivity index (χ2v) is 4.82. The summed E-state index contributed by atoms with van der Waals surface area (Å²) in [7, 11) is 0. The summed E-state index contributed by atoms with van der Waals surface area (Å²) < 4.78 is 5.54. The summed E-state index contributed by atoms with van der Waals surface area (Å²) in [6.07, 6.45) is 5.35. The van der Waals surface area contributed by atoms with E-state index >= 15 is 0 Å². The van der Waals surface area contributed by atoms with Crippen molar-refractivity contribution in [1.29, 1.82) is 0 Å². The first-order valence-electron chi connectivity index (χ1n) is 6.29. The number of rotatable bonds is 7. The molecule has 1 N–H and O–H groups in total. The highest BCUT2D eigenvalue weighted by Gasteiger charge is 2.40. The third kappa shape index (κ3) is 2.95. The molecule has 2 rings (SSSR count). The van der Waals surface area contributed by atoms with Crippen molar-refractivity contribution in [1.82, 2.24) is 4.90 Å². The van der Waals surface area contributed by atoms with E-state index in [2.05, 4.69) is 4.90 Å². The molecule has 92 valence electrons. The van der Waals surface area contributed by atoms with Gasteiger partial charge >= 0.3 is 5.97 Å². The maximum absolute atomic E-state index is 10.6. The molecule has 0 aromatic heterocycles. The zero-order valence-corrected chi connectivity index (χ0v) is 9.89. The Hall–Kier alpha value is -0.610. The third-order valence-corrected chi connectivity index (χ3v) is 3.54. The Morgan fingerprint density at radius 2 is 2.06 bits per heavy atom. The van der Waals surface area contributed by atoms with Crippen molar-refractivity contribution >= 4 is 5.97 Å². The number of ether oxygens (including phenoxy) is 1. The normalized spacial score (nSPS) is 29.1. The molecule has 0 unspecified atom stereocenters. The van der Waals surface area contributed by atoms with E-state index in [4.69, 9.17) is 9.84 Å². The Kier molecular flexibility index (Phi) is 3.82. The summed E-state index contributed by atoms with van der Waals surface area (Å²) in [4.78, 5) is 13.0. The lowest BCUT2D eigenvalue weighted by Gasteiger charge is -2.42. The molecule has 0 bridgehead atoms. The molecule has 0 amide bonds. The smallest absolute Gasteiger partial charge is 0.304 e. The fraction of sp³-hybridized carbons (Fsp3) is 0.917. The number of carboxylic acid groups (broad SMARTS) is 1. The molecule has 0 atom stereocenters. The lowest BCUT2D eigenvalue weighted by Crippen LogP contribution is -2.49. The summed E-state index contributed by atoms with van der Waals surface area (Å²) in [5.41, 5.74) is 0. The number of hydrogen-bond donors (Lipinski definition) is 1. The molecular formula is C12H21NO3. The highest BCUT2D eigenvalue weighted by atomic mass is 16.5. The number of carbonyl (C=O) groups is 1. The molecule has 0 spiro atoms. The van der Waals surface area contributed by atoms with Crippen LogP contribution < -0.4 is 0 Å². The van der Waals surface area contributed by atoms with Gasteiger partial charge in [0.25, 0.3) is 0 Å².